The van der Waals surface area contributed by atoms with Crippen molar-refractivity contribution in [3.8, 4) is 16.3 Å². The molecule has 0 saturated carbocycles. The Morgan fingerprint density at radius 3 is 2.71 bits per heavy atom. The molecule has 2 aromatic carbocycles. The molecule has 2 N–H and O–H groups in total. The van der Waals surface area contributed by atoms with Gasteiger partial charge in [-0.3, -0.25) is 10.1 Å². The highest BCUT2D eigenvalue weighted by molar-refractivity contribution is 7.18. The van der Waals surface area contributed by atoms with E-state index in [0.717, 1.165) is 22.6 Å². The Labute approximate surface area is 184 Å². The van der Waals surface area contributed by atoms with Gasteiger partial charge in [0, 0.05) is 23.9 Å². The van der Waals surface area contributed by atoms with E-state index in [1.54, 1.807) is 36.3 Å². The lowest BCUT2D eigenvalue weighted by molar-refractivity contribution is -0.119. The van der Waals surface area contributed by atoms with E-state index < -0.39 is 6.04 Å². The van der Waals surface area contributed by atoms with Crippen molar-refractivity contribution < 1.29 is 14.3 Å². The maximum atomic E-state index is 12.9. The lowest BCUT2D eigenvalue weighted by Crippen LogP contribution is -2.45. The van der Waals surface area contributed by atoms with Gasteiger partial charge in [0.25, 0.3) is 0 Å². The van der Waals surface area contributed by atoms with Crippen LogP contribution in [0.15, 0.2) is 48.5 Å². The van der Waals surface area contributed by atoms with E-state index in [9.17, 15) is 9.59 Å². The van der Waals surface area contributed by atoms with Crippen LogP contribution < -0.4 is 15.4 Å². The molecule has 3 aromatic rings. The van der Waals surface area contributed by atoms with Gasteiger partial charge in [0.1, 0.15) is 16.8 Å². The fourth-order valence-corrected chi connectivity index (χ4v) is 4.21. The number of benzene rings is 2. The van der Waals surface area contributed by atoms with Crippen molar-refractivity contribution in [3.63, 3.8) is 0 Å². The summed E-state index contributed by atoms with van der Waals surface area (Å²) < 4.78 is 5.19. The van der Waals surface area contributed by atoms with E-state index in [2.05, 4.69) is 20.8 Å². The minimum Gasteiger partial charge on any atom is -0.497 e. The first kappa shape index (κ1) is 20.8. The smallest absolute Gasteiger partial charge is 0.322 e. The van der Waals surface area contributed by atoms with Gasteiger partial charge in [0.05, 0.1) is 7.11 Å². The van der Waals surface area contributed by atoms with Gasteiger partial charge in [-0.15, -0.1) is 10.2 Å². The third kappa shape index (κ3) is 4.83. The number of likely N-dealkylation sites (tertiary alicyclic amines) is 1. The van der Waals surface area contributed by atoms with Gasteiger partial charge in [-0.2, -0.15) is 0 Å². The predicted octanol–water partition coefficient (Wildman–Crippen LogP) is 4.16. The molecular formula is C22H23N5O3S. The van der Waals surface area contributed by atoms with Crippen molar-refractivity contribution in [2.75, 3.05) is 24.3 Å². The minimum absolute atomic E-state index is 0.259. The number of urea groups is 1. The maximum Gasteiger partial charge on any atom is 0.322 e. The number of carbonyl (C=O) groups is 2. The Hall–Kier alpha value is -3.46. The van der Waals surface area contributed by atoms with Crippen molar-refractivity contribution in [2.45, 2.75) is 25.8 Å². The average molecular weight is 438 g/mol. The minimum atomic E-state index is -0.558. The summed E-state index contributed by atoms with van der Waals surface area (Å²) >= 11 is 1.31. The molecule has 160 valence electrons. The summed E-state index contributed by atoms with van der Waals surface area (Å²) in [6, 6.07) is 14.2. The third-order valence-corrected chi connectivity index (χ3v) is 5.98. The molecular weight excluding hydrogens is 414 g/mol. The molecule has 1 aliphatic heterocycles. The van der Waals surface area contributed by atoms with Gasteiger partial charge >= 0.3 is 6.03 Å². The number of methoxy groups -OCH3 is 1. The molecule has 0 bridgehead atoms. The Kier molecular flexibility index (Phi) is 6.13. The summed E-state index contributed by atoms with van der Waals surface area (Å²) in [7, 11) is 1.57. The van der Waals surface area contributed by atoms with Gasteiger partial charge in [0.15, 0.2) is 0 Å². The number of nitrogens with zero attached hydrogens (tertiary/aromatic N) is 3. The summed E-state index contributed by atoms with van der Waals surface area (Å²) in [5.74, 6) is 0.388. The van der Waals surface area contributed by atoms with Gasteiger partial charge in [-0.1, -0.05) is 47.2 Å². The van der Waals surface area contributed by atoms with E-state index >= 15 is 0 Å². The van der Waals surface area contributed by atoms with Crippen molar-refractivity contribution in [1.82, 2.24) is 15.1 Å². The molecule has 0 spiro atoms. The molecule has 31 heavy (non-hydrogen) atoms. The summed E-state index contributed by atoms with van der Waals surface area (Å²) in [5.41, 5.74) is 2.72. The topological polar surface area (TPSA) is 96.5 Å². The number of hydrogen-bond donors (Lipinski definition) is 2. The lowest BCUT2D eigenvalue weighted by atomic mass is 10.2. The first-order valence-corrected chi connectivity index (χ1v) is 10.8. The van der Waals surface area contributed by atoms with Crippen LogP contribution in [0.3, 0.4) is 0 Å². The van der Waals surface area contributed by atoms with Crippen LogP contribution in [-0.2, 0) is 4.79 Å². The Balaban J connectivity index is 1.41. The van der Waals surface area contributed by atoms with Crippen molar-refractivity contribution in [1.29, 1.82) is 0 Å². The number of rotatable bonds is 5. The van der Waals surface area contributed by atoms with Crippen molar-refractivity contribution >= 4 is 34.1 Å². The van der Waals surface area contributed by atoms with E-state index in [1.807, 2.05) is 31.2 Å². The molecule has 1 atom stereocenters. The van der Waals surface area contributed by atoms with Gasteiger partial charge in [-0.05, 0) is 31.9 Å². The standard InChI is InChI=1S/C22H23N5O3S/c1-14-8-10-15(11-9-14)20-25-26-21(31-20)24-19(28)18-7-4-12-27(18)22(29)23-16-5-3-6-17(13-16)30-2/h3,5-6,8-11,13,18H,4,7,12H2,1-2H3,(H,23,29)(H,24,26,28). The Morgan fingerprint density at radius 1 is 1.13 bits per heavy atom. The number of aryl methyl sites for hydroxylation is 1. The lowest BCUT2D eigenvalue weighted by Gasteiger charge is -2.23. The fourth-order valence-electron chi connectivity index (χ4n) is 3.45. The van der Waals surface area contributed by atoms with Gasteiger partial charge < -0.3 is 15.0 Å². The second-order valence-electron chi connectivity index (χ2n) is 7.28. The van der Waals surface area contributed by atoms with E-state index in [0.29, 0.717) is 29.5 Å². The van der Waals surface area contributed by atoms with Gasteiger partial charge in [0.2, 0.25) is 11.0 Å². The Bertz CT molecular complexity index is 1080. The van der Waals surface area contributed by atoms with Crippen LogP contribution >= 0.6 is 11.3 Å². The summed E-state index contributed by atoms with van der Waals surface area (Å²) in [6.45, 7) is 2.53. The number of anilines is 2. The predicted molar refractivity (Wildman–Crippen MR) is 120 cm³/mol. The van der Waals surface area contributed by atoms with Crippen LogP contribution in [0, 0.1) is 6.92 Å². The Morgan fingerprint density at radius 2 is 1.94 bits per heavy atom. The molecule has 0 radical (unpaired) electrons. The summed E-state index contributed by atoms with van der Waals surface area (Å²) in [5, 5.41) is 15.1. The molecule has 3 amide bonds. The molecule has 1 fully saturated rings. The highest BCUT2D eigenvalue weighted by Crippen LogP contribution is 2.28. The molecule has 8 nitrogen and oxygen atoms in total. The zero-order chi connectivity index (χ0) is 21.8. The van der Waals surface area contributed by atoms with Crippen molar-refractivity contribution in [3.05, 3.63) is 54.1 Å². The number of amides is 3. The molecule has 1 saturated heterocycles. The molecule has 2 heterocycles. The van der Waals surface area contributed by atoms with Gasteiger partial charge in [-0.25, -0.2) is 4.79 Å². The van der Waals surface area contributed by atoms with Crippen LogP contribution in [0.4, 0.5) is 15.6 Å². The second-order valence-corrected chi connectivity index (χ2v) is 8.26. The third-order valence-electron chi connectivity index (χ3n) is 5.09. The summed E-state index contributed by atoms with van der Waals surface area (Å²) in [4.78, 5) is 27.2. The summed E-state index contributed by atoms with van der Waals surface area (Å²) in [6.07, 6.45) is 1.36. The zero-order valence-electron chi connectivity index (χ0n) is 17.3. The number of hydrogen-bond acceptors (Lipinski definition) is 6. The van der Waals surface area contributed by atoms with Crippen LogP contribution in [0.25, 0.3) is 10.6 Å². The quantitative estimate of drug-likeness (QED) is 0.625. The number of ether oxygens (including phenoxy) is 1. The normalized spacial score (nSPS) is 15.5. The molecule has 0 aliphatic carbocycles. The highest BCUT2D eigenvalue weighted by Gasteiger charge is 2.34. The monoisotopic (exact) mass is 437 g/mol. The largest absolute Gasteiger partial charge is 0.497 e. The van der Waals surface area contributed by atoms with Crippen LogP contribution in [0.1, 0.15) is 18.4 Å². The van der Waals surface area contributed by atoms with E-state index in [-0.39, 0.29) is 11.9 Å². The zero-order valence-corrected chi connectivity index (χ0v) is 18.1. The highest BCUT2D eigenvalue weighted by atomic mass is 32.1. The number of aromatic nitrogens is 2. The SMILES string of the molecule is COc1cccc(NC(=O)N2CCCC2C(=O)Nc2nnc(-c3ccc(C)cc3)s2)c1. The van der Waals surface area contributed by atoms with Crippen LogP contribution in [0.2, 0.25) is 0 Å². The first-order chi connectivity index (χ1) is 15.0. The van der Waals surface area contributed by atoms with Crippen LogP contribution in [0.5, 0.6) is 5.75 Å². The molecule has 1 aliphatic rings. The maximum absolute atomic E-state index is 12.9. The second kappa shape index (κ2) is 9.13. The molecule has 9 heteroatoms. The van der Waals surface area contributed by atoms with E-state index in [1.165, 1.54) is 11.3 Å². The van der Waals surface area contributed by atoms with Crippen molar-refractivity contribution in [2.24, 2.45) is 0 Å². The molecule has 4 rings (SSSR count). The molecule has 1 aromatic heterocycles. The van der Waals surface area contributed by atoms with E-state index in [4.69, 9.17) is 4.74 Å². The number of carbonyl (C=O) groups excluding carboxylic acids is 2. The molecule has 1 unspecified atom stereocenters. The fraction of sp³-hybridized carbons (Fsp3) is 0.273. The average Bonchev–Trinajstić information content (AvgIpc) is 3.44. The first-order valence-electron chi connectivity index (χ1n) is 9.96. The number of nitrogens with one attached hydrogen (secondary N) is 2. The van der Waals surface area contributed by atoms with Crippen LogP contribution in [-0.4, -0.2) is 46.7 Å².